The molecular formula is C19H9ClO3. The Hall–Kier alpha value is -2.78. The molecular weight excluding hydrogens is 312 g/mol. The van der Waals surface area contributed by atoms with E-state index in [1.807, 2.05) is 30.3 Å². The highest BCUT2D eigenvalue weighted by atomic mass is 35.5. The summed E-state index contributed by atoms with van der Waals surface area (Å²) in [5.41, 5.74) is 2.38. The highest BCUT2D eigenvalue weighted by Gasteiger charge is 2.15. The Kier molecular flexibility index (Phi) is 2.42. The zero-order valence-electron chi connectivity index (χ0n) is 11.8. The molecule has 0 bridgehead atoms. The van der Waals surface area contributed by atoms with Crippen LogP contribution in [0.15, 0.2) is 68.2 Å². The van der Waals surface area contributed by atoms with Gasteiger partial charge in [0.15, 0.2) is 27.8 Å². The molecule has 0 aliphatic heterocycles. The van der Waals surface area contributed by atoms with Gasteiger partial charge in [-0.15, -0.1) is 0 Å². The summed E-state index contributed by atoms with van der Waals surface area (Å²) in [5.74, 6) is 0. The van der Waals surface area contributed by atoms with E-state index in [2.05, 4.69) is 0 Å². The zero-order chi connectivity index (χ0) is 15.6. The van der Waals surface area contributed by atoms with Crippen molar-refractivity contribution < 1.29 is 8.83 Å². The lowest BCUT2D eigenvalue weighted by atomic mass is 10.1. The van der Waals surface area contributed by atoms with E-state index in [0.717, 1.165) is 10.8 Å². The predicted molar refractivity (Wildman–Crippen MR) is 92.3 cm³/mol. The van der Waals surface area contributed by atoms with Crippen molar-refractivity contribution in [3.8, 4) is 0 Å². The molecule has 0 atom stereocenters. The molecule has 0 fully saturated rings. The zero-order valence-corrected chi connectivity index (χ0v) is 12.6. The van der Waals surface area contributed by atoms with Gasteiger partial charge in [-0.1, -0.05) is 35.9 Å². The Balaban J connectivity index is 2.05. The molecule has 4 heteroatoms. The van der Waals surface area contributed by atoms with Crippen LogP contribution in [0.4, 0.5) is 0 Å². The molecule has 110 valence electrons. The number of hydrogen-bond donors (Lipinski definition) is 0. The average molecular weight is 321 g/mol. The van der Waals surface area contributed by atoms with Crippen LogP contribution >= 0.6 is 11.6 Å². The van der Waals surface area contributed by atoms with Crippen molar-refractivity contribution in [3.05, 3.63) is 69.8 Å². The van der Waals surface area contributed by atoms with Crippen molar-refractivity contribution in [2.45, 2.75) is 0 Å². The molecule has 23 heavy (non-hydrogen) atoms. The van der Waals surface area contributed by atoms with Crippen LogP contribution in [0.25, 0.3) is 43.9 Å². The van der Waals surface area contributed by atoms with Gasteiger partial charge in [-0.3, -0.25) is 4.79 Å². The fraction of sp³-hybridized carbons (Fsp3) is 0. The summed E-state index contributed by atoms with van der Waals surface area (Å²) in [6, 6.07) is 16.4. The van der Waals surface area contributed by atoms with Crippen LogP contribution in [0, 0.1) is 0 Å². The van der Waals surface area contributed by atoms with E-state index < -0.39 is 0 Å². The van der Waals surface area contributed by atoms with Crippen molar-refractivity contribution in [1.29, 1.82) is 0 Å². The van der Waals surface area contributed by atoms with E-state index in [0.29, 0.717) is 38.1 Å². The Morgan fingerprint density at radius 1 is 0.696 bits per heavy atom. The second-order valence-electron chi connectivity index (χ2n) is 5.49. The molecule has 0 spiro atoms. The maximum Gasteiger partial charge on any atom is 0.194 e. The topological polar surface area (TPSA) is 43.4 Å². The normalized spacial score (nSPS) is 11.9. The fourth-order valence-corrected chi connectivity index (χ4v) is 3.38. The lowest BCUT2D eigenvalue weighted by Gasteiger charge is -2.02. The highest BCUT2D eigenvalue weighted by molar-refractivity contribution is 6.38. The highest BCUT2D eigenvalue weighted by Crippen LogP contribution is 2.34. The Bertz CT molecular complexity index is 1290. The van der Waals surface area contributed by atoms with E-state index in [9.17, 15) is 4.79 Å². The molecule has 3 nitrogen and oxygen atoms in total. The van der Waals surface area contributed by atoms with Crippen molar-refractivity contribution >= 4 is 55.5 Å². The first-order valence-corrected chi connectivity index (χ1v) is 7.56. The summed E-state index contributed by atoms with van der Waals surface area (Å²) in [5, 5.41) is 3.32. The van der Waals surface area contributed by atoms with Crippen molar-refractivity contribution in [3.63, 3.8) is 0 Å². The number of fused-ring (bicyclic) bond motifs is 5. The van der Waals surface area contributed by atoms with Crippen LogP contribution in [-0.2, 0) is 0 Å². The van der Waals surface area contributed by atoms with Gasteiger partial charge in [-0.05, 0) is 35.7 Å². The maximum absolute atomic E-state index is 12.6. The quantitative estimate of drug-likeness (QED) is 0.354. The Morgan fingerprint density at radius 2 is 1.35 bits per heavy atom. The summed E-state index contributed by atoms with van der Waals surface area (Å²) >= 11 is 6.30. The third-order valence-corrected chi connectivity index (χ3v) is 4.46. The number of rotatable bonds is 0. The van der Waals surface area contributed by atoms with Gasteiger partial charge in [0.2, 0.25) is 0 Å². The van der Waals surface area contributed by atoms with Gasteiger partial charge >= 0.3 is 0 Å². The van der Waals surface area contributed by atoms with Gasteiger partial charge in [0, 0.05) is 21.2 Å². The molecule has 0 saturated heterocycles. The molecule has 5 rings (SSSR count). The summed E-state index contributed by atoms with van der Waals surface area (Å²) in [4.78, 5) is 12.6. The molecule has 0 unspecified atom stereocenters. The number of para-hydroxylation sites is 2. The van der Waals surface area contributed by atoms with E-state index in [1.54, 1.807) is 24.3 Å². The van der Waals surface area contributed by atoms with E-state index in [4.69, 9.17) is 20.4 Å². The van der Waals surface area contributed by atoms with Crippen LogP contribution in [0.5, 0.6) is 0 Å². The Labute approximate surface area is 134 Å². The lowest BCUT2D eigenvalue weighted by molar-refractivity contribution is 0.582. The third-order valence-electron chi connectivity index (χ3n) is 4.15. The van der Waals surface area contributed by atoms with Crippen molar-refractivity contribution in [2.24, 2.45) is 0 Å². The first kappa shape index (κ1) is 12.7. The van der Waals surface area contributed by atoms with E-state index in [-0.39, 0.29) is 5.43 Å². The number of halogens is 1. The summed E-state index contributed by atoms with van der Waals surface area (Å²) in [6.07, 6.45) is 0. The standard InChI is InChI=1S/C19H9ClO3/c20-13-5-3-4-10-18(13)11-8-16-17(9-12(11)19(10)21)23-15-7-2-1-6-14(15)22-16/h1-9H. The first-order valence-electron chi connectivity index (χ1n) is 7.19. The largest absolute Gasteiger partial charge is 0.449 e. The molecule has 5 aromatic rings. The SMILES string of the molecule is O=c1c2cc3oc4ccccc4oc3cc2c2c(Cl)cccc12. The lowest BCUT2D eigenvalue weighted by Crippen LogP contribution is -1.93. The molecule has 0 N–H and O–H groups in total. The molecule has 0 saturated carbocycles. The van der Waals surface area contributed by atoms with E-state index >= 15 is 0 Å². The second-order valence-corrected chi connectivity index (χ2v) is 5.89. The molecule has 0 aliphatic rings. The molecule has 4 aromatic carbocycles. The van der Waals surface area contributed by atoms with Crippen molar-refractivity contribution in [1.82, 2.24) is 0 Å². The second kappa shape index (κ2) is 4.37. The fourth-order valence-electron chi connectivity index (χ4n) is 3.10. The minimum absolute atomic E-state index is 0.0391. The third kappa shape index (κ3) is 1.68. The molecule has 0 radical (unpaired) electrons. The monoisotopic (exact) mass is 320 g/mol. The summed E-state index contributed by atoms with van der Waals surface area (Å²) < 4.78 is 11.8. The predicted octanol–water partition coefficient (Wildman–Crippen LogP) is 5.50. The van der Waals surface area contributed by atoms with Gasteiger partial charge in [-0.25, -0.2) is 0 Å². The van der Waals surface area contributed by atoms with Gasteiger partial charge in [0.05, 0.1) is 0 Å². The summed E-state index contributed by atoms with van der Waals surface area (Å²) in [6.45, 7) is 0. The van der Waals surface area contributed by atoms with Gasteiger partial charge < -0.3 is 8.83 Å². The van der Waals surface area contributed by atoms with Gasteiger partial charge in [0.1, 0.15) is 0 Å². The summed E-state index contributed by atoms with van der Waals surface area (Å²) in [7, 11) is 0. The first-order chi connectivity index (χ1) is 11.2. The average Bonchev–Trinajstić information content (AvgIpc) is 2.84. The van der Waals surface area contributed by atoms with Crippen LogP contribution < -0.4 is 5.43 Å². The van der Waals surface area contributed by atoms with E-state index in [1.165, 1.54) is 0 Å². The Morgan fingerprint density at radius 3 is 2.04 bits per heavy atom. The maximum atomic E-state index is 12.6. The van der Waals surface area contributed by atoms with Crippen LogP contribution in [0.1, 0.15) is 0 Å². The number of hydrogen-bond acceptors (Lipinski definition) is 3. The van der Waals surface area contributed by atoms with Crippen LogP contribution in [0.3, 0.4) is 0 Å². The smallest absolute Gasteiger partial charge is 0.194 e. The molecule has 1 heterocycles. The van der Waals surface area contributed by atoms with Gasteiger partial charge in [0.25, 0.3) is 0 Å². The minimum Gasteiger partial charge on any atom is -0.449 e. The van der Waals surface area contributed by atoms with Crippen LogP contribution in [0.2, 0.25) is 5.02 Å². The van der Waals surface area contributed by atoms with Crippen LogP contribution in [-0.4, -0.2) is 0 Å². The number of benzene rings is 3. The molecule has 0 amide bonds. The van der Waals surface area contributed by atoms with Gasteiger partial charge in [-0.2, -0.15) is 0 Å². The minimum atomic E-state index is -0.0391. The van der Waals surface area contributed by atoms with Crippen molar-refractivity contribution in [2.75, 3.05) is 0 Å². The molecule has 1 aromatic heterocycles. The molecule has 0 aliphatic carbocycles.